The summed E-state index contributed by atoms with van der Waals surface area (Å²) >= 11 is 0. The van der Waals surface area contributed by atoms with Gasteiger partial charge in [-0.25, -0.2) is 9.47 Å². The van der Waals surface area contributed by atoms with Gasteiger partial charge in [-0.15, -0.1) is 0 Å². The van der Waals surface area contributed by atoms with Crippen molar-refractivity contribution in [1.29, 1.82) is 0 Å². The normalized spacial score (nSPS) is 14.0. The molecule has 0 saturated carbocycles. The van der Waals surface area contributed by atoms with E-state index in [1.54, 1.807) is 30.5 Å². The quantitative estimate of drug-likeness (QED) is 0.693. The lowest BCUT2D eigenvalue weighted by atomic mass is 9.96. The zero-order valence-corrected chi connectivity index (χ0v) is 17.3. The van der Waals surface area contributed by atoms with Gasteiger partial charge in [0, 0.05) is 19.4 Å². The molecule has 27 heavy (non-hydrogen) atoms. The lowest BCUT2D eigenvalue weighted by Gasteiger charge is -2.15. The molecular formula is C22H32N4O. The number of allylic oxidation sites excluding steroid dienone is 9. The van der Waals surface area contributed by atoms with Gasteiger partial charge in [-0.05, 0) is 43.9 Å². The number of anilines is 1. The predicted octanol–water partition coefficient (Wildman–Crippen LogP) is 4.35. The van der Waals surface area contributed by atoms with Crippen molar-refractivity contribution in [3.8, 4) is 0 Å². The summed E-state index contributed by atoms with van der Waals surface area (Å²) in [6, 6.07) is 1.59. The van der Waals surface area contributed by atoms with Crippen LogP contribution in [0.4, 0.5) is 5.82 Å². The number of hydrogen-bond acceptors (Lipinski definition) is 4. The maximum Gasteiger partial charge on any atom is 0.368 e. The van der Waals surface area contributed by atoms with Crippen LogP contribution in [0.25, 0.3) is 0 Å². The highest BCUT2D eigenvalue weighted by Gasteiger charge is 2.02. The molecule has 0 unspecified atom stereocenters. The molecule has 146 valence electrons. The minimum atomic E-state index is -0.413. The molecule has 0 atom stereocenters. The van der Waals surface area contributed by atoms with E-state index in [-0.39, 0.29) is 5.82 Å². The second-order valence-corrected chi connectivity index (χ2v) is 6.77. The molecule has 0 amide bonds. The minimum absolute atomic E-state index is 0.215. The molecule has 1 heterocycles. The molecule has 0 radical (unpaired) electrons. The minimum Gasteiger partial charge on any atom is -0.383 e. The molecule has 0 fully saturated rings. The van der Waals surface area contributed by atoms with E-state index in [4.69, 9.17) is 5.73 Å². The summed E-state index contributed by atoms with van der Waals surface area (Å²) in [4.78, 5) is 15.5. The molecule has 5 nitrogen and oxygen atoms in total. The first-order chi connectivity index (χ1) is 12.8. The Morgan fingerprint density at radius 2 is 1.93 bits per heavy atom. The van der Waals surface area contributed by atoms with Crippen molar-refractivity contribution in [2.75, 3.05) is 17.8 Å². The van der Waals surface area contributed by atoms with Gasteiger partial charge in [-0.2, -0.15) is 4.98 Å². The number of nitrogens with zero attached hydrogens (tertiary/aromatic N) is 3. The Bertz CT molecular complexity index is 823. The maximum absolute atomic E-state index is 11.8. The third-order valence-corrected chi connectivity index (χ3v) is 4.20. The largest absolute Gasteiger partial charge is 0.383 e. The Labute approximate surface area is 162 Å². The van der Waals surface area contributed by atoms with Crippen LogP contribution in [0.2, 0.25) is 0 Å². The fourth-order valence-electron chi connectivity index (χ4n) is 2.49. The van der Waals surface area contributed by atoms with Crippen LogP contribution in [-0.2, 0) is 0 Å². The molecule has 0 aliphatic carbocycles. The summed E-state index contributed by atoms with van der Waals surface area (Å²) in [6.07, 6.45) is 16.7. The molecule has 0 aliphatic heterocycles. The van der Waals surface area contributed by atoms with Crippen LogP contribution in [-0.4, -0.2) is 16.7 Å². The van der Waals surface area contributed by atoms with Crippen molar-refractivity contribution >= 4 is 5.82 Å². The fourth-order valence-corrected chi connectivity index (χ4v) is 2.49. The Hall–Kier alpha value is -2.82. The van der Waals surface area contributed by atoms with Gasteiger partial charge < -0.3 is 5.73 Å². The number of rotatable bonds is 8. The second-order valence-electron chi connectivity index (χ2n) is 6.77. The first-order valence-corrected chi connectivity index (χ1v) is 9.24. The molecule has 1 aromatic heterocycles. The number of nitrogens with two attached hydrogens (primary N) is 1. The lowest BCUT2D eigenvalue weighted by Crippen LogP contribution is -2.36. The van der Waals surface area contributed by atoms with E-state index in [1.807, 2.05) is 25.2 Å². The highest BCUT2D eigenvalue weighted by Crippen LogP contribution is 2.18. The summed E-state index contributed by atoms with van der Waals surface area (Å²) in [5.41, 5.74) is 9.02. The van der Waals surface area contributed by atoms with Crippen LogP contribution in [0.5, 0.6) is 0 Å². The van der Waals surface area contributed by atoms with Gasteiger partial charge in [0.25, 0.3) is 0 Å². The van der Waals surface area contributed by atoms with E-state index in [0.717, 1.165) is 12.0 Å². The Morgan fingerprint density at radius 3 is 2.52 bits per heavy atom. The molecule has 5 heteroatoms. The SMILES string of the molecule is CC/C(C)=C(/C=C/C=C/C(C)=C\C=C/N(C)n1ccc(N)nc1=O)C(C)C. The van der Waals surface area contributed by atoms with Gasteiger partial charge in [-0.1, -0.05) is 62.3 Å². The van der Waals surface area contributed by atoms with Gasteiger partial charge in [-0.3, -0.25) is 5.01 Å². The summed E-state index contributed by atoms with van der Waals surface area (Å²) in [7, 11) is 1.77. The molecular weight excluding hydrogens is 336 g/mol. The fraction of sp³-hybridized carbons (Fsp3) is 0.364. The number of nitrogen functional groups attached to an aromatic ring is 1. The predicted molar refractivity (Wildman–Crippen MR) is 116 cm³/mol. The van der Waals surface area contributed by atoms with E-state index < -0.39 is 5.69 Å². The molecule has 1 rings (SSSR count). The van der Waals surface area contributed by atoms with Gasteiger partial charge in [0.2, 0.25) is 0 Å². The van der Waals surface area contributed by atoms with Crippen molar-refractivity contribution in [2.45, 2.75) is 41.0 Å². The molecule has 0 saturated heterocycles. The van der Waals surface area contributed by atoms with E-state index in [1.165, 1.54) is 15.8 Å². The van der Waals surface area contributed by atoms with E-state index in [9.17, 15) is 4.79 Å². The first-order valence-electron chi connectivity index (χ1n) is 9.24. The average Bonchev–Trinajstić information content (AvgIpc) is 2.60. The third-order valence-electron chi connectivity index (χ3n) is 4.20. The summed E-state index contributed by atoms with van der Waals surface area (Å²) in [6.45, 7) is 10.8. The van der Waals surface area contributed by atoms with Crippen molar-refractivity contribution in [3.05, 3.63) is 82.1 Å². The van der Waals surface area contributed by atoms with Gasteiger partial charge >= 0.3 is 5.69 Å². The third kappa shape index (κ3) is 7.52. The maximum atomic E-state index is 11.8. The summed E-state index contributed by atoms with van der Waals surface area (Å²) in [5, 5.41) is 1.65. The van der Waals surface area contributed by atoms with E-state index in [2.05, 4.69) is 50.9 Å². The average molecular weight is 369 g/mol. The monoisotopic (exact) mass is 368 g/mol. The summed E-state index contributed by atoms with van der Waals surface area (Å²) in [5.74, 6) is 0.739. The second kappa shape index (κ2) is 11.0. The molecule has 0 aromatic carbocycles. The highest BCUT2D eigenvalue weighted by atomic mass is 16.2. The molecule has 0 spiro atoms. The molecule has 2 N–H and O–H groups in total. The van der Waals surface area contributed by atoms with Crippen LogP contribution < -0.4 is 16.4 Å². The van der Waals surface area contributed by atoms with Gasteiger partial charge in [0.15, 0.2) is 0 Å². The summed E-state index contributed by atoms with van der Waals surface area (Å²) < 4.78 is 1.38. The van der Waals surface area contributed by atoms with Gasteiger partial charge in [0.1, 0.15) is 5.82 Å². The highest BCUT2D eigenvalue weighted by molar-refractivity contribution is 5.31. The van der Waals surface area contributed by atoms with Crippen LogP contribution in [0, 0.1) is 5.92 Å². The smallest absolute Gasteiger partial charge is 0.368 e. The van der Waals surface area contributed by atoms with Crippen molar-refractivity contribution in [2.24, 2.45) is 5.92 Å². The van der Waals surface area contributed by atoms with Crippen LogP contribution in [0.1, 0.15) is 41.0 Å². The Balaban J connectivity index is 2.74. The molecule has 1 aromatic rings. The Kier molecular flexibility index (Phi) is 9.06. The molecule has 0 bridgehead atoms. The zero-order chi connectivity index (χ0) is 20.4. The van der Waals surface area contributed by atoms with Crippen molar-refractivity contribution in [3.63, 3.8) is 0 Å². The van der Waals surface area contributed by atoms with Crippen molar-refractivity contribution < 1.29 is 0 Å². The molecule has 0 aliphatic rings. The first kappa shape index (κ1) is 22.2. The number of aromatic nitrogens is 2. The Morgan fingerprint density at radius 1 is 1.26 bits per heavy atom. The lowest BCUT2D eigenvalue weighted by molar-refractivity contribution is 0.705. The van der Waals surface area contributed by atoms with E-state index >= 15 is 0 Å². The van der Waals surface area contributed by atoms with Crippen LogP contribution >= 0.6 is 0 Å². The number of hydrogen-bond donors (Lipinski definition) is 1. The van der Waals surface area contributed by atoms with Crippen LogP contribution in [0.15, 0.2) is 76.4 Å². The zero-order valence-electron chi connectivity index (χ0n) is 17.3. The van der Waals surface area contributed by atoms with Crippen molar-refractivity contribution in [1.82, 2.24) is 9.66 Å². The standard InChI is InChI=1S/C22H32N4O/c1-7-19(5)20(17(2)3)13-9-8-11-18(4)12-10-15-25(6)26-16-14-21(23)24-22(26)27/h8-17H,7H2,1-6H3,(H2,23,24,27)/b11-8+,13-9+,15-10-,18-12-,20-19-. The van der Waals surface area contributed by atoms with E-state index in [0.29, 0.717) is 5.92 Å². The topological polar surface area (TPSA) is 64.2 Å². The van der Waals surface area contributed by atoms with Crippen LogP contribution in [0.3, 0.4) is 0 Å². The van der Waals surface area contributed by atoms with Gasteiger partial charge in [0.05, 0.1) is 0 Å².